The Morgan fingerprint density at radius 3 is 2.69 bits per heavy atom. The fraction of sp³-hybridized carbons (Fsp3) is 0.214. The smallest absolute Gasteiger partial charge is 0.250 e. The van der Waals surface area contributed by atoms with E-state index in [1.165, 1.54) is 5.56 Å². The molecule has 0 aliphatic heterocycles. The molecule has 0 aliphatic carbocycles. The number of benzene rings is 1. The monoisotopic (exact) mass is 213 g/mol. The van der Waals surface area contributed by atoms with Crippen molar-refractivity contribution in [2.75, 3.05) is 0 Å². The van der Waals surface area contributed by atoms with Gasteiger partial charge < -0.3 is 4.98 Å². The van der Waals surface area contributed by atoms with Crippen LogP contribution in [0.5, 0.6) is 0 Å². The third-order valence-electron chi connectivity index (χ3n) is 2.76. The molecule has 0 aliphatic rings. The van der Waals surface area contributed by atoms with E-state index in [2.05, 4.69) is 36.2 Å². The molecular formula is C14H15NO. The predicted octanol–water partition coefficient (Wildman–Crippen LogP) is 2.91. The molecule has 0 atom stereocenters. The molecule has 2 aromatic rings. The second kappa shape index (κ2) is 4.35. The van der Waals surface area contributed by atoms with Crippen LogP contribution in [0.1, 0.15) is 18.1 Å². The first-order valence-electron chi connectivity index (χ1n) is 5.49. The minimum atomic E-state index is -0.0182. The molecule has 82 valence electrons. The zero-order valence-corrected chi connectivity index (χ0v) is 9.58. The van der Waals surface area contributed by atoms with Crippen molar-refractivity contribution in [3.05, 3.63) is 58.0 Å². The first kappa shape index (κ1) is 10.7. The molecule has 0 unspecified atom stereocenters. The average Bonchev–Trinajstić information content (AvgIpc) is 2.33. The molecule has 2 nitrogen and oxygen atoms in total. The zero-order valence-electron chi connectivity index (χ0n) is 9.58. The van der Waals surface area contributed by atoms with Crippen molar-refractivity contribution in [2.45, 2.75) is 20.3 Å². The zero-order chi connectivity index (χ0) is 11.5. The molecule has 2 heteroatoms. The molecule has 0 saturated carbocycles. The fourth-order valence-corrected chi connectivity index (χ4v) is 1.74. The van der Waals surface area contributed by atoms with E-state index in [-0.39, 0.29) is 5.56 Å². The molecule has 0 radical (unpaired) electrons. The van der Waals surface area contributed by atoms with E-state index < -0.39 is 0 Å². The summed E-state index contributed by atoms with van der Waals surface area (Å²) in [6.45, 7) is 3.96. The van der Waals surface area contributed by atoms with Gasteiger partial charge in [-0.25, -0.2) is 0 Å². The lowest BCUT2D eigenvalue weighted by molar-refractivity contribution is 1.14. The number of aryl methyl sites for hydroxylation is 2. The van der Waals surface area contributed by atoms with E-state index in [0.717, 1.165) is 23.1 Å². The number of pyridine rings is 1. The van der Waals surface area contributed by atoms with Crippen LogP contribution < -0.4 is 5.56 Å². The van der Waals surface area contributed by atoms with Gasteiger partial charge in [0, 0.05) is 11.8 Å². The quantitative estimate of drug-likeness (QED) is 0.817. The second-order valence-corrected chi connectivity index (χ2v) is 3.95. The maximum absolute atomic E-state index is 11.3. The third-order valence-corrected chi connectivity index (χ3v) is 2.76. The lowest BCUT2D eigenvalue weighted by Gasteiger charge is -2.04. The highest BCUT2D eigenvalue weighted by Gasteiger charge is 2.00. The van der Waals surface area contributed by atoms with Crippen LogP contribution in [0.2, 0.25) is 0 Å². The van der Waals surface area contributed by atoms with Crippen molar-refractivity contribution in [2.24, 2.45) is 0 Å². The normalized spacial score (nSPS) is 10.4. The Hall–Kier alpha value is -1.83. The summed E-state index contributed by atoms with van der Waals surface area (Å²) in [5.74, 6) is 0. The lowest BCUT2D eigenvalue weighted by Crippen LogP contribution is -2.07. The number of rotatable bonds is 2. The predicted molar refractivity (Wildman–Crippen MR) is 66.6 cm³/mol. The van der Waals surface area contributed by atoms with Crippen LogP contribution in [-0.2, 0) is 6.42 Å². The van der Waals surface area contributed by atoms with Gasteiger partial charge in [-0.1, -0.05) is 31.2 Å². The number of aromatic amines is 1. The minimum Gasteiger partial charge on any atom is -0.328 e. The molecule has 2 rings (SSSR count). The summed E-state index contributed by atoms with van der Waals surface area (Å²) in [5, 5.41) is 0. The molecule has 1 heterocycles. The van der Waals surface area contributed by atoms with E-state index in [1.54, 1.807) is 6.20 Å². The summed E-state index contributed by atoms with van der Waals surface area (Å²) in [6.07, 6.45) is 2.79. The van der Waals surface area contributed by atoms with Crippen molar-refractivity contribution in [1.29, 1.82) is 0 Å². The van der Waals surface area contributed by atoms with Crippen molar-refractivity contribution in [1.82, 2.24) is 4.98 Å². The maximum atomic E-state index is 11.3. The summed E-state index contributed by atoms with van der Waals surface area (Å²) >= 11 is 0. The Balaban J connectivity index is 2.50. The molecule has 0 bridgehead atoms. The Morgan fingerprint density at radius 1 is 1.19 bits per heavy atom. The molecule has 16 heavy (non-hydrogen) atoms. The van der Waals surface area contributed by atoms with Crippen molar-refractivity contribution >= 4 is 0 Å². The van der Waals surface area contributed by atoms with Crippen LogP contribution in [0.4, 0.5) is 0 Å². The number of H-pyrrole nitrogens is 1. The largest absolute Gasteiger partial charge is 0.328 e. The summed E-state index contributed by atoms with van der Waals surface area (Å²) in [4.78, 5) is 14.0. The van der Waals surface area contributed by atoms with Gasteiger partial charge in [-0.2, -0.15) is 0 Å². The van der Waals surface area contributed by atoms with Gasteiger partial charge in [-0.3, -0.25) is 4.79 Å². The average molecular weight is 213 g/mol. The van der Waals surface area contributed by atoms with Crippen molar-refractivity contribution in [3.8, 4) is 11.1 Å². The molecule has 0 amide bonds. The lowest BCUT2D eigenvalue weighted by atomic mass is 10.0. The molecular weight excluding hydrogens is 198 g/mol. The number of hydrogen-bond donors (Lipinski definition) is 1. The standard InChI is InChI=1S/C14H15NO/c1-3-11-5-4-6-12(8-11)13-7-10(2)14(16)15-9-13/h4-9H,3H2,1-2H3,(H,15,16). The van der Waals surface area contributed by atoms with Crippen LogP contribution in [0.3, 0.4) is 0 Å². The summed E-state index contributed by atoms with van der Waals surface area (Å²) in [6, 6.07) is 10.3. The van der Waals surface area contributed by atoms with Crippen LogP contribution in [0.15, 0.2) is 41.3 Å². The van der Waals surface area contributed by atoms with Crippen LogP contribution >= 0.6 is 0 Å². The van der Waals surface area contributed by atoms with Gasteiger partial charge in [0.05, 0.1) is 0 Å². The highest BCUT2D eigenvalue weighted by molar-refractivity contribution is 5.63. The van der Waals surface area contributed by atoms with Crippen LogP contribution in [0.25, 0.3) is 11.1 Å². The van der Waals surface area contributed by atoms with Crippen LogP contribution in [-0.4, -0.2) is 4.98 Å². The SMILES string of the molecule is CCc1cccc(-c2c[nH]c(=O)c(C)c2)c1. The molecule has 1 aromatic carbocycles. The molecule has 1 aromatic heterocycles. The molecule has 0 fully saturated rings. The van der Waals surface area contributed by atoms with Crippen LogP contribution in [0, 0.1) is 6.92 Å². The van der Waals surface area contributed by atoms with Crippen molar-refractivity contribution < 1.29 is 0 Å². The minimum absolute atomic E-state index is 0.0182. The van der Waals surface area contributed by atoms with Gasteiger partial charge in [-0.05, 0) is 36.1 Å². The Bertz CT molecular complexity index is 555. The van der Waals surface area contributed by atoms with E-state index in [4.69, 9.17) is 0 Å². The van der Waals surface area contributed by atoms with E-state index in [0.29, 0.717) is 0 Å². The van der Waals surface area contributed by atoms with Gasteiger partial charge in [0.25, 0.3) is 5.56 Å². The van der Waals surface area contributed by atoms with E-state index >= 15 is 0 Å². The molecule has 0 spiro atoms. The van der Waals surface area contributed by atoms with Gasteiger partial charge in [-0.15, -0.1) is 0 Å². The second-order valence-electron chi connectivity index (χ2n) is 3.95. The summed E-state index contributed by atoms with van der Waals surface area (Å²) < 4.78 is 0. The van der Waals surface area contributed by atoms with Gasteiger partial charge in [0.2, 0.25) is 0 Å². The number of aromatic nitrogens is 1. The summed E-state index contributed by atoms with van der Waals surface area (Å²) in [7, 11) is 0. The maximum Gasteiger partial charge on any atom is 0.250 e. The van der Waals surface area contributed by atoms with Crippen molar-refractivity contribution in [3.63, 3.8) is 0 Å². The fourth-order valence-electron chi connectivity index (χ4n) is 1.74. The van der Waals surface area contributed by atoms with E-state index in [9.17, 15) is 4.79 Å². The molecule has 1 N–H and O–H groups in total. The first-order chi connectivity index (χ1) is 7.70. The summed E-state index contributed by atoms with van der Waals surface area (Å²) in [5.41, 5.74) is 4.25. The molecule has 0 saturated heterocycles. The van der Waals surface area contributed by atoms with Gasteiger partial charge in [0.1, 0.15) is 0 Å². The third kappa shape index (κ3) is 2.06. The highest BCUT2D eigenvalue weighted by Crippen LogP contribution is 2.19. The Labute approximate surface area is 95.0 Å². The number of hydrogen-bond acceptors (Lipinski definition) is 1. The Morgan fingerprint density at radius 2 is 2.00 bits per heavy atom. The topological polar surface area (TPSA) is 32.9 Å². The number of nitrogens with one attached hydrogen (secondary N) is 1. The first-order valence-corrected chi connectivity index (χ1v) is 5.49. The van der Waals surface area contributed by atoms with E-state index in [1.807, 2.05) is 13.0 Å². The Kier molecular flexibility index (Phi) is 2.91. The van der Waals surface area contributed by atoms with Gasteiger partial charge >= 0.3 is 0 Å². The highest BCUT2D eigenvalue weighted by atomic mass is 16.1. The van der Waals surface area contributed by atoms with Gasteiger partial charge in [0.15, 0.2) is 0 Å².